The Balaban J connectivity index is 2.79. The summed E-state index contributed by atoms with van der Waals surface area (Å²) < 4.78 is 1.40. The average Bonchev–Trinajstić information content (AvgIpc) is 2.50. The predicted octanol–water partition coefficient (Wildman–Crippen LogP) is 3.26. The zero-order chi connectivity index (χ0) is 7.68. The van der Waals surface area contributed by atoms with E-state index in [0.29, 0.717) is 0 Å². The van der Waals surface area contributed by atoms with Crippen molar-refractivity contribution in [3.8, 4) is 0 Å². The van der Waals surface area contributed by atoms with Gasteiger partial charge in [0.1, 0.15) is 0 Å². The second-order valence-corrected chi connectivity index (χ2v) is 3.41. The van der Waals surface area contributed by atoms with Crippen molar-refractivity contribution >= 4 is 21.4 Å². The molecule has 0 bridgehead atoms. The highest BCUT2D eigenvalue weighted by Gasteiger charge is 1.98. The molecule has 0 unspecified atom stereocenters. The lowest BCUT2D eigenvalue weighted by atomic mass is 10.1. The fraction of sp³-hybridized carbons (Fsp3) is 0.200. The summed E-state index contributed by atoms with van der Waals surface area (Å²) in [4.78, 5) is 0. The van der Waals surface area contributed by atoms with Gasteiger partial charge in [-0.25, -0.2) is 0 Å². The van der Waals surface area contributed by atoms with Crippen LogP contribution in [-0.4, -0.2) is 0 Å². The molecule has 2 rings (SSSR count). The molecule has 0 N–H and O–H groups in total. The standard InChI is InChI=1S/C10H9S/c1-2-8-4-3-5-9-6-7-11-10(8)9/h3-5,7H,2H2,1H3. The van der Waals surface area contributed by atoms with E-state index in [4.69, 9.17) is 0 Å². The number of hydrogen-bond acceptors (Lipinski definition) is 1. The van der Waals surface area contributed by atoms with Crippen LogP contribution in [0.4, 0.5) is 0 Å². The summed E-state index contributed by atoms with van der Waals surface area (Å²) in [6.07, 6.45) is 1.12. The fourth-order valence-corrected chi connectivity index (χ4v) is 2.19. The first kappa shape index (κ1) is 6.86. The number of thiophene rings is 1. The van der Waals surface area contributed by atoms with Crippen LogP contribution < -0.4 is 0 Å². The van der Waals surface area contributed by atoms with E-state index in [0.717, 1.165) is 6.42 Å². The lowest BCUT2D eigenvalue weighted by Gasteiger charge is -1.96. The maximum Gasteiger partial charge on any atom is 0.0381 e. The third-order valence-corrected chi connectivity index (χ3v) is 2.82. The summed E-state index contributed by atoms with van der Waals surface area (Å²) in [5.41, 5.74) is 1.44. The van der Waals surface area contributed by atoms with Gasteiger partial charge >= 0.3 is 0 Å². The first-order valence-corrected chi connectivity index (χ1v) is 4.66. The molecule has 55 valence electrons. The van der Waals surface area contributed by atoms with Crippen LogP contribution in [0.25, 0.3) is 10.1 Å². The number of hydrogen-bond donors (Lipinski definition) is 0. The smallest absolute Gasteiger partial charge is 0.0381 e. The topological polar surface area (TPSA) is 0 Å². The van der Waals surface area contributed by atoms with Gasteiger partial charge in [0.25, 0.3) is 0 Å². The van der Waals surface area contributed by atoms with Gasteiger partial charge < -0.3 is 0 Å². The van der Waals surface area contributed by atoms with E-state index in [1.807, 2.05) is 5.38 Å². The Morgan fingerprint density at radius 2 is 2.36 bits per heavy atom. The Labute approximate surface area is 70.5 Å². The van der Waals surface area contributed by atoms with E-state index < -0.39 is 0 Å². The largest absolute Gasteiger partial charge is 0.143 e. The highest BCUT2D eigenvalue weighted by atomic mass is 32.1. The van der Waals surface area contributed by atoms with Gasteiger partial charge in [0.05, 0.1) is 0 Å². The molecule has 0 atom stereocenters. The lowest BCUT2D eigenvalue weighted by Crippen LogP contribution is -1.77. The molecule has 0 fully saturated rings. The van der Waals surface area contributed by atoms with Gasteiger partial charge in [-0.3, -0.25) is 0 Å². The molecule has 0 saturated heterocycles. The first-order chi connectivity index (χ1) is 5.42. The summed E-state index contributed by atoms with van der Waals surface area (Å²) in [5, 5.41) is 3.29. The Hall–Kier alpha value is -0.820. The van der Waals surface area contributed by atoms with Crippen LogP contribution >= 0.6 is 11.3 Å². The summed E-state index contributed by atoms with van der Waals surface area (Å²) in [5.74, 6) is 0. The summed E-state index contributed by atoms with van der Waals surface area (Å²) in [6.45, 7) is 2.19. The second-order valence-electron chi connectivity index (χ2n) is 2.53. The highest BCUT2D eigenvalue weighted by molar-refractivity contribution is 7.17. The molecule has 0 aliphatic carbocycles. The van der Waals surface area contributed by atoms with Crippen molar-refractivity contribution in [2.75, 3.05) is 0 Å². The summed E-state index contributed by atoms with van der Waals surface area (Å²) in [7, 11) is 0. The molecule has 0 spiro atoms. The van der Waals surface area contributed by atoms with Crippen molar-refractivity contribution in [1.82, 2.24) is 0 Å². The quantitative estimate of drug-likeness (QED) is 0.602. The van der Waals surface area contributed by atoms with Crippen molar-refractivity contribution in [2.24, 2.45) is 0 Å². The van der Waals surface area contributed by atoms with Gasteiger partial charge in [0.2, 0.25) is 0 Å². The van der Waals surface area contributed by atoms with Gasteiger partial charge in [-0.05, 0) is 17.4 Å². The Morgan fingerprint density at radius 1 is 1.45 bits per heavy atom. The molecule has 0 amide bonds. The minimum absolute atomic E-state index is 1.12. The number of fused-ring (bicyclic) bond motifs is 1. The van der Waals surface area contributed by atoms with Crippen LogP contribution in [0.3, 0.4) is 0 Å². The van der Waals surface area contributed by atoms with Crippen LogP contribution in [0.15, 0.2) is 23.6 Å². The van der Waals surface area contributed by atoms with Gasteiger partial charge in [0, 0.05) is 16.2 Å². The van der Waals surface area contributed by atoms with Gasteiger partial charge in [-0.2, -0.15) is 0 Å². The van der Waals surface area contributed by atoms with E-state index >= 15 is 0 Å². The van der Waals surface area contributed by atoms with Crippen molar-refractivity contribution in [1.29, 1.82) is 0 Å². The summed E-state index contributed by atoms with van der Waals surface area (Å²) in [6, 6.07) is 9.62. The average molecular weight is 161 g/mol. The molecule has 1 radical (unpaired) electrons. The Morgan fingerprint density at radius 3 is 3.18 bits per heavy atom. The van der Waals surface area contributed by atoms with Crippen molar-refractivity contribution < 1.29 is 0 Å². The van der Waals surface area contributed by atoms with Crippen LogP contribution in [0, 0.1) is 6.07 Å². The molecular weight excluding hydrogens is 152 g/mol. The molecule has 1 heterocycles. The number of rotatable bonds is 1. The normalized spacial score (nSPS) is 10.6. The maximum absolute atomic E-state index is 3.21. The molecule has 1 heteroatoms. The van der Waals surface area contributed by atoms with Gasteiger partial charge in [-0.15, -0.1) is 11.3 Å². The van der Waals surface area contributed by atoms with Crippen LogP contribution in [-0.2, 0) is 6.42 Å². The minimum atomic E-state index is 1.12. The fourth-order valence-electron chi connectivity index (χ4n) is 1.27. The molecule has 0 nitrogen and oxygen atoms in total. The van der Waals surface area contributed by atoms with Crippen molar-refractivity contribution in [3.05, 3.63) is 35.2 Å². The van der Waals surface area contributed by atoms with E-state index in [1.54, 1.807) is 11.3 Å². The molecule has 1 aromatic heterocycles. The maximum atomic E-state index is 3.21. The molecule has 0 saturated carbocycles. The minimum Gasteiger partial charge on any atom is -0.143 e. The predicted molar refractivity (Wildman–Crippen MR) is 50.0 cm³/mol. The monoisotopic (exact) mass is 161 g/mol. The van der Waals surface area contributed by atoms with Crippen LogP contribution in [0.2, 0.25) is 0 Å². The third kappa shape index (κ3) is 1.05. The molecule has 2 aromatic rings. The third-order valence-electron chi connectivity index (χ3n) is 1.87. The number of aryl methyl sites for hydroxylation is 1. The molecular formula is C10H9S. The Bertz CT molecular complexity index is 360. The highest BCUT2D eigenvalue weighted by Crippen LogP contribution is 2.24. The van der Waals surface area contributed by atoms with Crippen LogP contribution in [0.5, 0.6) is 0 Å². The zero-order valence-corrected chi connectivity index (χ0v) is 7.24. The van der Waals surface area contributed by atoms with Gasteiger partial charge in [-0.1, -0.05) is 25.1 Å². The lowest BCUT2D eigenvalue weighted by molar-refractivity contribution is 1.16. The summed E-state index contributed by atoms with van der Waals surface area (Å²) >= 11 is 1.78. The van der Waals surface area contributed by atoms with Crippen molar-refractivity contribution in [3.63, 3.8) is 0 Å². The van der Waals surface area contributed by atoms with E-state index in [1.165, 1.54) is 15.6 Å². The second kappa shape index (κ2) is 2.67. The first-order valence-electron chi connectivity index (χ1n) is 3.78. The van der Waals surface area contributed by atoms with E-state index in [9.17, 15) is 0 Å². The molecule has 0 aliphatic rings. The van der Waals surface area contributed by atoms with Gasteiger partial charge in [0.15, 0.2) is 0 Å². The van der Waals surface area contributed by atoms with Crippen molar-refractivity contribution in [2.45, 2.75) is 13.3 Å². The SMILES string of the molecule is CCc1cccc2[c]csc12. The number of benzene rings is 1. The van der Waals surface area contributed by atoms with E-state index in [-0.39, 0.29) is 0 Å². The zero-order valence-electron chi connectivity index (χ0n) is 6.42. The molecule has 11 heavy (non-hydrogen) atoms. The molecule has 0 aliphatic heterocycles. The van der Waals surface area contributed by atoms with E-state index in [2.05, 4.69) is 31.2 Å². The van der Waals surface area contributed by atoms with Crippen LogP contribution in [0.1, 0.15) is 12.5 Å². The Kier molecular flexibility index (Phi) is 1.66. The molecule has 1 aromatic carbocycles.